The van der Waals surface area contributed by atoms with Crippen LogP contribution in [0, 0.1) is 18.3 Å². The second-order valence-electron chi connectivity index (χ2n) is 4.18. The van der Waals surface area contributed by atoms with Crippen molar-refractivity contribution in [2.24, 2.45) is 0 Å². The molecule has 84 valence electrons. The molecule has 0 amide bonds. The number of aryl methyl sites for hydroxylation is 2. The molecule has 0 aliphatic carbocycles. The van der Waals surface area contributed by atoms with Gasteiger partial charge in [-0.2, -0.15) is 5.26 Å². The summed E-state index contributed by atoms with van der Waals surface area (Å²) in [5.74, 6) is 0. The molecule has 1 heteroatoms. The predicted octanol–water partition coefficient (Wildman–Crippen LogP) is 4.12. The maximum Gasteiger partial charge on any atom is 0.0625 e. The van der Waals surface area contributed by atoms with E-state index < -0.39 is 0 Å². The highest BCUT2D eigenvalue weighted by Crippen LogP contribution is 2.25. The summed E-state index contributed by atoms with van der Waals surface area (Å²) in [6.07, 6.45) is 1.39. The Kier molecular flexibility index (Phi) is 3.57. The monoisotopic (exact) mass is 221 g/mol. The molecule has 2 rings (SSSR count). The summed E-state index contributed by atoms with van der Waals surface area (Å²) in [6.45, 7) is 2.09. The van der Waals surface area contributed by atoms with Crippen molar-refractivity contribution in [2.45, 2.75) is 19.8 Å². The molecule has 0 spiro atoms. The average Bonchev–Trinajstić information content (AvgIpc) is 2.37. The predicted molar refractivity (Wildman–Crippen MR) is 70.5 cm³/mol. The third kappa shape index (κ3) is 2.73. The lowest BCUT2D eigenvalue weighted by atomic mass is 9.95. The topological polar surface area (TPSA) is 23.8 Å². The molecule has 2 aromatic rings. The minimum absolute atomic E-state index is 0.573. The van der Waals surface area contributed by atoms with Crippen LogP contribution < -0.4 is 0 Å². The molecular weight excluding hydrogens is 206 g/mol. The molecule has 0 atom stereocenters. The number of nitriles is 1. The number of benzene rings is 2. The maximum absolute atomic E-state index is 8.71. The number of hydrogen-bond acceptors (Lipinski definition) is 1. The lowest BCUT2D eigenvalue weighted by molar-refractivity contribution is 1.01. The van der Waals surface area contributed by atoms with Gasteiger partial charge in [-0.25, -0.2) is 0 Å². The van der Waals surface area contributed by atoms with Gasteiger partial charge in [0.2, 0.25) is 0 Å². The Hall–Kier alpha value is -2.07. The van der Waals surface area contributed by atoms with Crippen molar-refractivity contribution < 1.29 is 0 Å². The van der Waals surface area contributed by atoms with E-state index in [1.54, 1.807) is 0 Å². The summed E-state index contributed by atoms with van der Waals surface area (Å²) >= 11 is 0. The Bertz CT molecular complexity index is 535. The van der Waals surface area contributed by atoms with Crippen LogP contribution in [0.2, 0.25) is 0 Å². The van der Waals surface area contributed by atoms with E-state index >= 15 is 0 Å². The van der Waals surface area contributed by atoms with Crippen LogP contribution in [0.5, 0.6) is 0 Å². The fraction of sp³-hybridized carbons (Fsp3) is 0.188. The minimum atomic E-state index is 0.573. The zero-order chi connectivity index (χ0) is 12.1. The Labute approximate surface area is 102 Å². The van der Waals surface area contributed by atoms with Crippen LogP contribution in [-0.4, -0.2) is 0 Å². The van der Waals surface area contributed by atoms with Gasteiger partial charge < -0.3 is 0 Å². The fourth-order valence-electron chi connectivity index (χ4n) is 2.02. The number of rotatable bonds is 3. The first-order valence-corrected chi connectivity index (χ1v) is 5.83. The molecule has 2 aromatic carbocycles. The van der Waals surface area contributed by atoms with Gasteiger partial charge in [0.05, 0.1) is 6.07 Å². The van der Waals surface area contributed by atoms with Crippen molar-refractivity contribution in [3.05, 3.63) is 59.7 Å². The molecule has 0 bridgehead atoms. The molecule has 0 radical (unpaired) electrons. The van der Waals surface area contributed by atoms with Crippen LogP contribution >= 0.6 is 0 Å². The standard InChI is InChI=1S/C16H15N/c1-13-9-10-16(14-6-3-2-4-7-14)15(12-13)8-5-11-17/h2-4,6-7,9-10,12H,5,8H2,1H3. The third-order valence-electron chi connectivity index (χ3n) is 2.85. The van der Waals surface area contributed by atoms with Crippen molar-refractivity contribution in [2.75, 3.05) is 0 Å². The molecule has 0 saturated heterocycles. The quantitative estimate of drug-likeness (QED) is 0.764. The van der Waals surface area contributed by atoms with Crippen molar-refractivity contribution in [1.82, 2.24) is 0 Å². The van der Waals surface area contributed by atoms with E-state index in [1.807, 2.05) is 18.2 Å². The van der Waals surface area contributed by atoms with Gasteiger partial charge in [0.25, 0.3) is 0 Å². The summed E-state index contributed by atoms with van der Waals surface area (Å²) in [5.41, 5.74) is 4.97. The van der Waals surface area contributed by atoms with Gasteiger partial charge in [0, 0.05) is 6.42 Å². The first-order valence-electron chi connectivity index (χ1n) is 5.83. The summed E-state index contributed by atoms with van der Waals surface area (Å²) in [6, 6.07) is 19.0. The van der Waals surface area contributed by atoms with E-state index in [1.165, 1.54) is 22.3 Å². The van der Waals surface area contributed by atoms with E-state index in [9.17, 15) is 0 Å². The lowest BCUT2D eigenvalue weighted by Crippen LogP contribution is -1.91. The van der Waals surface area contributed by atoms with E-state index in [0.717, 1.165) is 6.42 Å². The second-order valence-corrected chi connectivity index (χ2v) is 4.18. The van der Waals surface area contributed by atoms with Crippen molar-refractivity contribution in [3.63, 3.8) is 0 Å². The SMILES string of the molecule is Cc1ccc(-c2ccccc2)c(CCC#N)c1. The number of nitrogens with zero attached hydrogens (tertiary/aromatic N) is 1. The molecule has 0 unspecified atom stereocenters. The molecule has 0 saturated carbocycles. The van der Waals surface area contributed by atoms with E-state index in [-0.39, 0.29) is 0 Å². The van der Waals surface area contributed by atoms with Crippen molar-refractivity contribution in [1.29, 1.82) is 5.26 Å². The van der Waals surface area contributed by atoms with Crippen molar-refractivity contribution >= 4 is 0 Å². The summed E-state index contributed by atoms with van der Waals surface area (Å²) in [5, 5.41) is 8.71. The highest BCUT2D eigenvalue weighted by Gasteiger charge is 2.04. The van der Waals surface area contributed by atoms with Crippen LogP contribution in [0.4, 0.5) is 0 Å². The largest absolute Gasteiger partial charge is 0.198 e. The molecule has 0 fully saturated rings. The van der Waals surface area contributed by atoms with Gasteiger partial charge in [-0.15, -0.1) is 0 Å². The molecular formula is C16H15N. The Morgan fingerprint density at radius 3 is 2.53 bits per heavy atom. The van der Waals surface area contributed by atoms with Crippen LogP contribution in [0.3, 0.4) is 0 Å². The summed E-state index contributed by atoms with van der Waals surface area (Å²) in [7, 11) is 0. The number of hydrogen-bond donors (Lipinski definition) is 0. The van der Waals surface area contributed by atoms with Crippen LogP contribution in [0.25, 0.3) is 11.1 Å². The zero-order valence-electron chi connectivity index (χ0n) is 9.98. The normalized spacial score (nSPS) is 9.88. The van der Waals surface area contributed by atoms with Gasteiger partial charge in [-0.3, -0.25) is 0 Å². The first kappa shape index (κ1) is 11.4. The molecule has 0 aliphatic rings. The average molecular weight is 221 g/mol. The molecule has 0 aliphatic heterocycles. The van der Waals surface area contributed by atoms with Gasteiger partial charge in [0.1, 0.15) is 0 Å². The lowest BCUT2D eigenvalue weighted by Gasteiger charge is -2.09. The molecule has 0 N–H and O–H groups in total. The highest BCUT2D eigenvalue weighted by atomic mass is 14.2. The third-order valence-corrected chi connectivity index (χ3v) is 2.85. The van der Waals surface area contributed by atoms with Gasteiger partial charge >= 0.3 is 0 Å². The first-order chi connectivity index (χ1) is 8.31. The smallest absolute Gasteiger partial charge is 0.0625 e. The highest BCUT2D eigenvalue weighted by molar-refractivity contribution is 5.67. The minimum Gasteiger partial charge on any atom is -0.198 e. The van der Waals surface area contributed by atoms with Crippen LogP contribution in [0.15, 0.2) is 48.5 Å². The summed E-state index contributed by atoms with van der Waals surface area (Å²) in [4.78, 5) is 0. The molecule has 0 heterocycles. The second kappa shape index (κ2) is 5.32. The maximum atomic E-state index is 8.71. The fourth-order valence-corrected chi connectivity index (χ4v) is 2.02. The Balaban J connectivity index is 2.43. The van der Waals surface area contributed by atoms with E-state index in [0.29, 0.717) is 6.42 Å². The van der Waals surface area contributed by atoms with E-state index in [4.69, 9.17) is 5.26 Å². The molecule has 0 aromatic heterocycles. The molecule has 17 heavy (non-hydrogen) atoms. The van der Waals surface area contributed by atoms with Crippen molar-refractivity contribution in [3.8, 4) is 17.2 Å². The Morgan fingerprint density at radius 2 is 1.82 bits per heavy atom. The summed E-state index contributed by atoms with van der Waals surface area (Å²) < 4.78 is 0. The zero-order valence-corrected chi connectivity index (χ0v) is 9.98. The van der Waals surface area contributed by atoms with Gasteiger partial charge in [-0.1, -0.05) is 54.1 Å². The van der Waals surface area contributed by atoms with E-state index in [2.05, 4.69) is 43.3 Å². The van der Waals surface area contributed by atoms with Gasteiger partial charge in [-0.05, 0) is 30.0 Å². The van der Waals surface area contributed by atoms with Crippen LogP contribution in [-0.2, 0) is 6.42 Å². The van der Waals surface area contributed by atoms with Gasteiger partial charge in [0.15, 0.2) is 0 Å². The molecule has 1 nitrogen and oxygen atoms in total. The Morgan fingerprint density at radius 1 is 1.06 bits per heavy atom. The van der Waals surface area contributed by atoms with Crippen LogP contribution in [0.1, 0.15) is 17.5 Å².